The van der Waals surface area contributed by atoms with Crippen LogP contribution in [0.1, 0.15) is 46.0 Å². The molecule has 1 aliphatic carbocycles. The minimum atomic E-state index is -0.195. The lowest BCUT2D eigenvalue weighted by Gasteiger charge is -2.26. The molecule has 4 aromatic rings. The Morgan fingerprint density at radius 2 is 1.62 bits per heavy atom. The molecule has 29 heavy (non-hydrogen) atoms. The number of benzene rings is 3. The van der Waals surface area contributed by atoms with Crippen LogP contribution in [0, 0.1) is 13.8 Å². The lowest BCUT2D eigenvalue weighted by atomic mass is 9.77. The number of aryl methyl sites for hydroxylation is 2. The second-order valence-electron chi connectivity index (χ2n) is 8.71. The van der Waals surface area contributed by atoms with Crippen LogP contribution in [0.15, 0.2) is 66.7 Å². The maximum Gasteiger partial charge on any atom is 0.164 e. The average molecular weight is 380 g/mol. The Morgan fingerprint density at radius 1 is 0.931 bits per heavy atom. The van der Waals surface area contributed by atoms with Crippen LogP contribution in [-0.4, -0.2) is 10.8 Å². The summed E-state index contributed by atoms with van der Waals surface area (Å²) in [6, 6.07) is 23.3. The first-order valence-corrected chi connectivity index (χ1v) is 10.3. The van der Waals surface area contributed by atoms with E-state index >= 15 is 0 Å². The molecule has 1 unspecified atom stereocenters. The summed E-state index contributed by atoms with van der Waals surface area (Å²) in [7, 11) is 0. The van der Waals surface area contributed by atoms with Gasteiger partial charge in [0.1, 0.15) is 0 Å². The van der Waals surface area contributed by atoms with Gasteiger partial charge < -0.3 is 4.98 Å². The third-order valence-corrected chi connectivity index (χ3v) is 6.58. The van der Waals surface area contributed by atoms with Crippen LogP contribution in [-0.2, 0) is 11.8 Å². The quantitative estimate of drug-likeness (QED) is 0.431. The molecular formula is C27H25NO. The van der Waals surface area contributed by atoms with E-state index in [1.54, 1.807) is 0 Å². The van der Waals surface area contributed by atoms with E-state index in [1.165, 1.54) is 33.2 Å². The van der Waals surface area contributed by atoms with Crippen LogP contribution in [0.25, 0.3) is 22.2 Å². The van der Waals surface area contributed by atoms with E-state index in [0.717, 1.165) is 23.2 Å². The Balaban J connectivity index is 1.69. The van der Waals surface area contributed by atoms with Crippen molar-refractivity contribution in [3.63, 3.8) is 0 Å². The molecule has 0 amide bonds. The molecule has 0 bridgehead atoms. The molecule has 0 spiro atoms. The summed E-state index contributed by atoms with van der Waals surface area (Å²) in [4.78, 5) is 16.5. The van der Waals surface area contributed by atoms with Crippen LogP contribution >= 0.6 is 0 Å². The second-order valence-corrected chi connectivity index (χ2v) is 8.71. The summed E-state index contributed by atoms with van der Waals surface area (Å²) >= 11 is 0. The molecule has 0 radical (unpaired) electrons. The molecule has 0 fully saturated rings. The Labute approximate surface area is 171 Å². The molecule has 1 heterocycles. The van der Waals surface area contributed by atoms with E-state index in [4.69, 9.17) is 0 Å². The number of hydrogen-bond acceptors (Lipinski definition) is 1. The average Bonchev–Trinajstić information content (AvgIpc) is 3.19. The summed E-state index contributed by atoms with van der Waals surface area (Å²) in [5, 5.41) is 1.25. The van der Waals surface area contributed by atoms with Gasteiger partial charge in [-0.05, 0) is 60.2 Å². The van der Waals surface area contributed by atoms with Crippen molar-refractivity contribution in [3.05, 3.63) is 94.5 Å². The first-order chi connectivity index (χ1) is 14.0. The third-order valence-electron chi connectivity index (χ3n) is 6.58. The first kappa shape index (κ1) is 17.9. The van der Waals surface area contributed by atoms with Gasteiger partial charge in [-0.25, -0.2) is 0 Å². The zero-order valence-electron chi connectivity index (χ0n) is 17.2. The van der Waals surface area contributed by atoms with Gasteiger partial charge in [0, 0.05) is 34.0 Å². The first-order valence-electron chi connectivity index (χ1n) is 10.3. The van der Waals surface area contributed by atoms with Gasteiger partial charge in [-0.15, -0.1) is 0 Å². The Bertz CT molecular complexity index is 1250. The van der Waals surface area contributed by atoms with Gasteiger partial charge in [-0.1, -0.05) is 61.5 Å². The van der Waals surface area contributed by atoms with Crippen molar-refractivity contribution in [3.8, 4) is 11.3 Å². The highest BCUT2D eigenvalue weighted by Crippen LogP contribution is 2.45. The number of nitrogens with one attached hydrogen (secondary N) is 1. The lowest BCUT2D eigenvalue weighted by molar-refractivity contribution is 0.0976. The molecule has 5 rings (SSSR count). The highest BCUT2D eigenvalue weighted by atomic mass is 16.1. The molecule has 3 aromatic carbocycles. The van der Waals surface area contributed by atoms with E-state index in [-0.39, 0.29) is 11.2 Å². The fourth-order valence-electron chi connectivity index (χ4n) is 4.87. The van der Waals surface area contributed by atoms with Gasteiger partial charge in [0.25, 0.3) is 0 Å². The number of fused-ring (bicyclic) bond motifs is 2. The van der Waals surface area contributed by atoms with E-state index in [0.29, 0.717) is 6.42 Å². The number of para-hydroxylation sites is 1. The van der Waals surface area contributed by atoms with E-state index < -0.39 is 0 Å². The van der Waals surface area contributed by atoms with Crippen LogP contribution in [0.5, 0.6) is 0 Å². The molecule has 1 aromatic heterocycles. The fraction of sp³-hybridized carbons (Fsp3) is 0.222. The Hall–Kier alpha value is -3.13. The molecule has 1 aliphatic rings. The standard InChI is InChI=1S/C27H25NO/c1-17-13-21-23(14-18(17)2)27(3,16-25(21)29)15-22-20-11-7-8-12-24(20)28-26(22)19-9-5-4-6-10-19/h4-14,28H,15-16H2,1-3H3. The fourth-order valence-corrected chi connectivity index (χ4v) is 4.87. The topological polar surface area (TPSA) is 32.9 Å². The van der Waals surface area contributed by atoms with Crippen LogP contribution in [0.4, 0.5) is 0 Å². The predicted molar refractivity (Wildman–Crippen MR) is 120 cm³/mol. The van der Waals surface area contributed by atoms with Gasteiger partial charge in [0.2, 0.25) is 0 Å². The molecule has 1 atom stereocenters. The zero-order chi connectivity index (χ0) is 20.2. The van der Waals surface area contributed by atoms with Gasteiger partial charge >= 0.3 is 0 Å². The summed E-state index contributed by atoms with van der Waals surface area (Å²) < 4.78 is 0. The highest BCUT2D eigenvalue weighted by molar-refractivity contribution is 6.03. The maximum atomic E-state index is 12.9. The molecule has 1 N–H and O–H groups in total. The van der Waals surface area contributed by atoms with Crippen molar-refractivity contribution in [2.45, 2.75) is 39.0 Å². The van der Waals surface area contributed by atoms with Crippen molar-refractivity contribution >= 4 is 16.7 Å². The monoisotopic (exact) mass is 379 g/mol. The normalized spacial score (nSPS) is 18.4. The molecule has 0 aliphatic heterocycles. The van der Waals surface area contributed by atoms with Crippen molar-refractivity contribution < 1.29 is 4.79 Å². The molecule has 2 nitrogen and oxygen atoms in total. The van der Waals surface area contributed by atoms with Crippen molar-refractivity contribution in [2.24, 2.45) is 0 Å². The number of carbonyl (C=O) groups is 1. The van der Waals surface area contributed by atoms with Gasteiger partial charge in [0.05, 0.1) is 0 Å². The molecule has 0 saturated carbocycles. The summed E-state index contributed by atoms with van der Waals surface area (Å²) in [5.41, 5.74) is 9.17. The summed E-state index contributed by atoms with van der Waals surface area (Å²) in [6.07, 6.45) is 1.40. The lowest BCUT2D eigenvalue weighted by Crippen LogP contribution is -2.22. The molecule has 0 saturated heterocycles. The third kappa shape index (κ3) is 2.82. The van der Waals surface area contributed by atoms with Crippen LogP contribution < -0.4 is 0 Å². The number of aromatic nitrogens is 1. The number of rotatable bonds is 3. The van der Waals surface area contributed by atoms with Crippen LogP contribution in [0.3, 0.4) is 0 Å². The van der Waals surface area contributed by atoms with Gasteiger partial charge in [-0.3, -0.25) is 4.79 Å². The zero-order valence-corrected chi connectivity index (χ0v) is 17.2. The smallest absolute Gasteiger partial charge is 0.164 e. The number of carbonyl (C=O) groups excluding carboxylic acids is 1. The minimum absolute atomic E-state index is 0.195. The van der Waals surface area contributed by atoms with Crippen molar-refractivity contribution in [1.82, 2.24) is 4.98 Å². The van der Waals surface area contributed by atoms with Gasteiger partial charge in [0.15, 0.2) is 5.78 Å². The largest absolute Gasteiger partial charge is 0.354 e. The number of Topliss-reactive ketones (excluding diaryl/α,β-unsaturated/α-hetero) is 1. The number of H-pyrrole nitrogens is 1. The Morgan fingerprint density at radius 3 is 2.41 bits per heavy atom. The molecule has 144 valence electrons. The number of aromatic amines is 1. The van der Waals surface area contributed by atoms with E-state index in [2.05, 4.69) is 86.4 Å². The number of hydrogen-bond donors (Lipinski definition) is 1. The summed E-state index contributed by atoms with van der Waals surface area (Å²) in [6.45, 7) is 6.48. The van der Waals surface area contributed by atoms with E-state index in [1.807, 2.05) is 6.07 Å². The molecule has 2 heteroatoms. The summed E-state index contributed by atoms with van der Waals surface area (Å²) in [5.74, 6) is 0.270. The molecular weight excluding hydrogens is 354 g/mol. The SMILES string of the molecule is Cc1cc2c(cc1C)C(C)(Cc1c(-c3ccccc3)[nH]c3ccccc13)CC2=O. The number of ketones is 1. The van der Waals surface area contributed by atoms with Crippen molar-refractivity contribution in [1.29, 1.82) is 0 Å². The predicted octanol–water partition coefficient (Wildman–Crippen LogP) is 6.54. The van der Waals surface area contributed by atoms with E-state index in [9.17, 15) is 4.79 Å². The second kappa shape index (κ2) is 6.45. The van der Waals surface area contributed by atoms with Crippen molar-refractivity contribution in [2.75, 3.05) is 0 Å². The highest BCUT2D eigenvalue weighted by Gasteiger charge is 2.40. The van der Waals surface area contributed by atoms with Gasteiger partial charge in [-0.2, -0.15) is 0 Å². The minimum Gasteiger partial charge on any atom is -0.354 e. The van der Waals surface area contributed by atoms with Crippen LogP contribution in [0.2, 0.25) is 0 Å². The Kier molecular flexibility index (Phi) is 3.99. The maximum absolute atomic E-state index is 12.9.